The highest BCUT2D eigenvalue weighted by Crippen LogP contribution is 2.25. The Kier molecular flexibility index (Phi) is 3.84. The lowest BCUT2D eigenvalue weighted by Gasteiger charge is -2.29. The van der Waals surface area contributed by atoms with Crippen molar-refractivity contribution in [1.82, 2.24) is 10.2 Å². The van der Waals surface area contributed by atoms with E-state index in [4.69, 9.17) is 5.73 Å². The average Bonchev–Trinajstić information content (AvgIpc) is 2.95. The summed E-state index contributed by atoms with van der Waals surface area (Å²) >= 11 is 0. The van der Waals surface area contributed by atoms with Crippen molar-refractivity contribution in [2.75, 3.05) is 13.1 Å². The van der Waals surface area contributed by atoms with Crippen LogP contribution in [0.5, 0.6) is 0 Å². The summed E-state index contributed by atoms with van der Waals surface area (Å²) in [5.41, 5.74) is 5.21. The van der Waals surface area contributed by atoms with E-state index in [1.165, 1.54) is 0 Å². The maximum Gasteiger partial charge on any atom is 0.237 e. The van der Waals surface area contributed by atoms with Crippen molar-refractivity contribution in [3.8, 4) is 0 Å². The number of rotatable bonds is 4. The highest BCUT2D eigenvalue weighted by atomic mass is 16.2. The van der Waals surface area contributed by atoms with Crippen molar-refractivity contribution in [2.45, 2.75) is 38.1 Å². The summed E-state index contributed by atoms with van der Waals surface area (Å²) in [4.78, 5) is 36.2. The van der Waals surface area contributed by atoms with E-state index in [1.54, 1.807) is 4.90 Å². The first kappa shape index (κ1) is 12.9. The van der Waals surface area contributed by atoms with Crippen LogP contribution in [-0.2, 0) is 14.4 Å². The molecule has 1 atom stereocenters. The zero-order valence-corrected chi connectivity index (χ0v) is 10.4. The summed E-state index contributed by atoms with van der Waals surface area (Å²) < 4.78 is 0. The molecule has 0 radical (unpaired) electrons. The second-order valence-corrected chi connectivity index (χ2v) is 5.08. The molecule has 0 bridgehead atoms. The Morgan fingerprint density at radius 1 is 1.33 bits per heavy atom. The summed E-state index contributed by atoms with van der Waals surface area (Å²) in [5, 5.41) is 2.65. The van der Waals surface area contributed by atoms with Gasteiger partial charge >= 0.3 is 0 Å². The quantitative estimate of drug-likeness (QED) is 0.699. The van der Waals surface area contributed by atoms with E-state index < -0.39 is 5.91 Å². The molecule has 2 aliphatic rings. The number of primary amides is 1. The summed E-state index contributed by atoms with van der Waals surface area (Å²) in [6, 6.07) is 0.112. The Labute approximate surface area is 106 Å². The zero-order valence-electron chi connectivity index (χ0n) is 10.4. The molecule has 1 saturated carbocycles. The van der Waals surface area contributed by atoms with Gasteiger partial charge < -0.3 is 16.0 Å². The smallest absolute Gasteiger partial charge is 0.237 e. The van der Waals surface area contributed by atoms with Gasteiger partial charge in [-0.15, -0.1) is 0 Å². The molecule has 3 N–H and O–H groups in total. The predicted molar refractivity (Wildman–Crippen MR) is 64.3 cm³/mol. The van der Waals surface area contributed by atoms with Crippen LogP contribution >= 0.6 is 0 Å². The molecule has 1 aliphatic heterocycles. The van der Waals surface area contributed by atoms with E-state index in [0.29, 0.717) is 6.54 Å². The molecule has 3 amide bonds. The van der Waals surface area contributed by atoms with E-state index >= 15 is 0 Å². The second-order valence-electron chi connectivity index (χ2n) is 5.08. The lowest BCUT2D eigenvalue weighted by Crippen LogP contribution is -2.47. The lowest BCUT2D eigenvalue weighted by atomic mass is 10.0. The summed E-state index contributed by atoms with van der Waals surface area (Å²) in [7, 11) is 0. The van der Waals surface area contributed by atoms with Gasteiger partial charge in [0.05, 0.1) is 12.5 Å². The fraction of sp³-hybridized carbons (Fsp3) is 0.750. The van der Waals surface area contributed by atoms with Gasteiger partial charge in [-0.05, 0) is 12.8 Å². The van der Waals surface area contributed by atoms with Crippen LogP contribution in [-0.4, -0.2) is 41.8 Å². The van der Waals surface area contributed by atoms with Gasteiger partial charge in [0.1, 0.15) is 0 Å². The number of carbonyl (C=O) groups is 3. The van der Waals surface area contributed by atoms with E-state index in [1.807, 2.05) is 0 Å². The SMILES string of the molecule is NC(=O)CN(C(=O)C1CNC(=O)C1)C1CCCC1. The molecule has 1 unspecified atom stereocenters. The highest BCUT2D eigenvalue weighted by Gasteiger charge is 2.35. The number of amides is 3. The maximum atomic E-state index is 12.3. The monoisotopic (exact) mass is 253 g/mol. The molecule has 100 valence electrons. The fourth-order valence-electron chi connectivity index (χ4n) is 2.79. The molecule has 6 nitrogen and oxygen atoms in total. The van der Waals surface area contributed by atoms with Gasteiger partial charge in [-0.1, -0.05) is 12.8 Å². The molecule has 0 aromatic rings. The summed E-state index contributed by atoms with van der Waals surface area (Å²) in [5.74, 6) is -1.04. The van der Waals surface area contributed by atoms with Crippen molar-refractivity contribution in [2.24, 2.45) is 11.7 Å². The van der Waals surface area contributed by atoms with Crippen molar-refractivity contribution >= 4 is 17.7 Å². The largest absolute Gasteiger partial charge is 0.368 e. The molecular formula is C12H19N3O3. The molecule has 1 aliphatic carbocycles. The summed E-state index contributed by atoms with van der Waals surface area (Å²) in [6.45, 7) is 0.341. The molecule has 6 heteroatoms. The number of nitrogens with zero attached hydrogens (tertiary/aromatic N) is 1. The van der Waals surface area contributed by atoms with Crippen molar-refractivity contribution < 1.29 is 14.4 Å². The molecule has 18 heavy (non-hydrogen) atoms. The molecule has 0 aromatic heterocycles. The number of hydrogen-bond donors (Lipinski definition) is 2. The van der Waals surface area contributed by atoms with E-state index in [0.717, 1.165) is 25.7 Å². The third-order valence-corrected chi connectivity index (χ3v) is 3.70. The van der Waals surface area contributed by atoms with Gasteiger partial charge in [0.15, 0.2) is 0 Å². The van der Waals surface area contributed by atoms with Gasteiger partial charge in [-0.3, -0.25) is 14.4 Å². The van der Waals surface area contributed by atoms with Crippen molar-refractivity contribution in [3.63, 3.8) is 0 Å². The van der Waals surface area contributed by atoms with Gasteiger partial charge in [-0.2, -0.15) is 0 Å². The van der Waals surface area contributed by atoms with Crippen LogP contribution in [0.25, 0.3) is 0 Å². The Balaban J connectivity index is 2.04. The van der Waals surface area contributed by atoms with Crippen LogP contribution < -0.4 is 11.1 Å². The molecule has 0 spiro atoms. The van der Waals surface area contributed by atoms with Crippen LogP contribution in [0, 0.1) is 5.92 Å². The van der Waals surface area contributed by atoms with Crippen molar-refractivity contribution in [3.05, 3.63) is 0 Å². The second kappa shape index (κ2) is 5.37. The van der Waals surface area contributed by atoms with Crippen molar-refractivity contribution in [1.29, 1.82) is 0 Å². The highest BCUT2D eigenvalue weighted by molar-refractivity contribution is 5.91. The van der Waals surface area contributed by atoms with E-state index in [-0.39, 0.29) is 36.7 Å². The first-order valence-corrected chi connectivity index (χ1v) is 6.43. The van der Waals surface area contributed by atoms with Gasteiger partial charge in [0.2, 0.25) is 17.7 Å². The molecule has 2 fully saturated rings. The Morgan fingerprint density at radius 2 is 2.00 bits per heavy atom. The Morgan fingerprint density at radius 3 is 2.50 bits per heavy atom. The first-order valence-electron chi connectivity index (χ1n) is 6.43. The molecule has 1 heterocycles. The summed E-state index contributed by atoms with van der Waals surface area (Å²) in [6.07, 6.45) is 4.23. The van der Waals surface area contributed by atoms with E-state index in [9.17, 15) is 14.4 Å². The lowest BCUT2D eigenvalue weighted by molar-refractivity contribution is -0.141. The van der Waals surface area contributed by atoms with Gasteiger partial charge in [0, 0.05) is 19.0 Å². The molecule has 2 rings (SSSR count). The van der Waals surface area contributed by atoms with Crippen LogP contribution in [0.4, 0.5) is 0 Å². The Bertz CT molecular complexity index is 364. The number of nitrogens with two attached hydrogens (primary N) is 1. The fourth-order valence-corrected chi connectivity index (χ4v) is 2.79. The van der Waals surface area contributed by atoms with Crippen LogP contribution in [0.3, 0.4) is 0 Å². The van der Waals surface area contributed by atoms with Crippen LogP contribution in [0.1, 0.15) is 32.1 Å². The van der Waals surface area contributed by atoms with Crippen LogP contribution in [0.15, 0.2) is 0 Å². The number of hydrogen-bond acceptors (Lipinski definition) is 3. The number of nitrogens with one attached hydrogen (secondary N) is 1. The molecule has 0 aromatic carbocycles. The van der Waals surface area contributed by atoms with E-state index in [2.05, 4.69) is 5.32 Å². The van der Waals surface area contributed by atoms with Crippen LogP contribution in [0.2, 0.25) is 0 Å². The normalized spacial score (nSPS) is 24.0. The van der Waals surface area contributed by atoms with Gasteiger partial charge in [-0.25, -0.2) is 0 Å². The van der Waals surface area contributed by atoms with Gasteiger partial charge in [0.25, 0.3) is 0 Å². The Hall–Kier alpha value is -1.59. The predicted octanol–water partition coefficient (Wildman–Crippen LogP) is -0.621. The standard InChI is InChI=1S/C12H19N3O3/c13-10(16)7-15(9-3-1-2-4-9)12(18)8-5-11(17)14-6-8/h8-9H,1-7H2,(H2,13,16)(H,14,17). The minimum absolute atomic E-state index is 0.0335. The third kappa shape index (κ3) is 2.80. The average molecular weight is 253 g/mol. The minimum Gasteiger partial charge on any atom is -0.368 e. The molecule has 1 saturated heterocycles. The maximum absolute atomic E-state index is 12.3. The topological polar surface area (TPSA) is 92.5 Å². The minimum atomic E-state index is -0.493. The number of carbonyl (C=O) groups excluding carboxylic acids is 3. The first-order chi connectivity index (χ1) is 8.58. The zero-order chi connectivity index (χ0) is 13.1. The third-order valence-electron chi connectivity index (χ3n) is 3.70. The molecular weight excluding hydrogens is 234 g/mol.